The maximum atomic E-state index is 12.8. The topological polar surface area (TPSA) is 68.4 Å². The van der Waals surface area contributed by atoms with Crippen LogP contribution in [0.3, 0.4) is 0 Å². The van der Waals surface area contributed by atoms with Crippen LogP contribution >= 0.6 is 11.3 Å². The second-order valence-corrected chi connectivity index (χ2v) is 8.13. The number of hydrogen-bond donors (Lipinski definition) is 1. The van der Waals surface area contributed by atoms with Crippen LogP contribution < -0.4 is 10.9 Å². The number of fused-ring (bicyclic) bond motifs is 4. The maximum absolute atomic E-state index is 12.8. The first kappa shape index (κ1) is 17.6. The summed E-state index contributed by atoms with van der Waals surface area (Å²) < 4.78 is 3.67. The molecule has 5 aromatic rings. The summed E-state index contributed by atoms with van der Waals surface area (Å²) in [6.45, 7) is 4.88. The van der Waals surface area contributed by atoms with Gasteiger partial charge in [-0.1, -0.05) is 18.2 Å². The van der Waals surface area contributed by atoms with Crippen LogP contribution in [0, 0.1) is 6.92 Å². The fourth-order valence-electron chi connectivity index (χ4n) is 3.82. The van der Waals surface area contributed by atoms with Gasteiger partial charge in [0.25, 0.3) is 11.5 Å². The number of anilines is 1. The molecule has 0 bridgehead atoms. The van der Waals surface area contributed by atoms with Gasteiger partial charge in [-0.15, -0.1) is 11.3 Å². The average Bonchev–Trinajstić information content (AvgIpc) is 3.25. The number of thiazole rings is 1. The van der Waals surface area contributed by atoms with Crippen molar-refractivity contribution in [1.29, 1.82) is 0 Å². The minimum atomic E-state index is -0.459. The highest BCUT2D eigenvalue weighted by Gasteiger charge is 2.16. The number of nitrogens with zero attached hydrogens (tertiary/aromatic N) is 3. The Morgan fingerprint density at radius 2 is 1.93 bits per heavy atom. The standard InChI is InChI=1S/C22H18N4O2S/c1-3-25-18-7-5-4-6-15(18)16-10-14(8-9-19(16)25)24-20(27)17-11-23-22-26(21(17)28)12-13(2)29-22/h4-12H,3H2,1-2H3,(H,24,27). The Balaban J connectivity index is 1.57. The van der Waals surface area contributed by atoms with E-state index in [0.29, 0.717) is 10.6 Å². The SMILES string of the molecule is CCn1c2ccccc2c2cc(NC(=O)c3cnc4sc(C)cn4c3=O)ccc21. The summed E-state index contributed by atoms with van der Waals surface area (Å²) in [5.74, 6) is -0.459. The lowest BCUT2D eigenvalue weighted by Crippen LogP contribution is -2.25. The summed E-state index contributed by atoms with van der Waals surface area (Å²) in [5.41, 5.74) is 2.59. The van der Waals surface area contributed by atoms with Crippen molar-refractivity contribution in [2.24, 2.45) is 0 Å². The zero-order valence-electron chi connectivity index (χ0n) is 16.0. The van der Waals surface area contributed by atoms with Crippen molar-refractivity contribution < 1.29 is 4.79 Å². The van der Waals surface area contributed by atoms with E-state index >= 15 is 0 Å². The number of para-hydroxylation sites is 1. The number of amides is 1. The van der Waals surface area contributed by atoms with Gasteiger partial charge < -0.3 is 9.88 Å². The molecular formula is C22H18N4O2S. The predicted octanol–water partition coefficient (Wildman–Crippen LogP) is 4.44. The van der Waals surface area contributed by atoms with Crippen molar-refractivity contribution in [3.63, 3.8) is 0 Å². The first-order chi connectivity index (χ1) is 14.1. The third kappa shape index (κ3) is 2.74. The number of aromatic nitrogens is 3. The Hall–Kier alpha value is -3.45. The molecule has 0 radical (unpaired) electrons. The van der Waals surface area contributed by atoms with Gasteiger partial charge in [-0.3, -0.25) is 14.0 Å². The van der Waals surface area contributed by atoms with Crippen LogP contribution in [0.2, 0.25) is 0 Å². The molecule has 0 fully saturated rings. The van der Waals surface area contributed by atoms with Gasteiger partial charge >= 0.3 is 0 Å². The van der Waals surface area contributed by atoms with Gasteiger partial charge in [0.15, 0.2) is 4.96 Å². The van der Waals surface area contributed by atoms with E-state index in [9.17, 15) is 9.59 Å². The lowest BCUT2D eigenvalue weighted by molar-refractivity contribution is 0.102. The van der Waals surface area contributed by atoms with Gasteiger partial charge in [-0.05, 0) is 38.1 Å². The Morgan fingerprint density at radius 1 is 1.14 bits per heavy atom. The monoisotopic (exact) mass is 402 g/mol. The molecule has 1 amide bonds. The van der Waals surface area contributed by atoms with Crippen LogP contribution in [-0.2, 0) is 6.54 Å². The quantitative estimate of drug-likeness (QED) is 0.485. The normalized spacial score (nSPS) is 11.5. The number of rotatable bonds is 3. The minimum absolute atomic E-state index is 0.0244. The second-order valence-electron chi connectivity index (χ2n) is 6.92. The molecular weight excluding hydrogens is 384 g/mol. The molecule has 144 valence electrons. The van der Waals surface area contributed by atoms with Crippen molar-refractivity contribution >= 4 is 49.7 Å². The van der Waals surface area contributed by atoms with Crippen LogP contribution in [0.1, 0.15) is 22.2 Å². The summed E-state index contributed by atoms with van der Waals surface area (Å²) in [4.78, 5) is 31.2. The van der Waals surface area contributed by atoms with Crippen LogP contribution in [0.5, 0.6) is 0 Å². The lowest BCUT2D eigenvalue weighted by Gasteiger charge is -2.06. The Labute approximate surface area is 170 Å². The number of carbonyl (C=O) groups excluding carboxylic acids is 1. The highest BCUT2D eigenvalue weighted by atomic mass is 32.1. The number of carbonyl (C=O) groups is 1. The van der Waals surface area contributed by atoms with E-state index < -0.39 is 5.91 Å². The lowest BCUT2D eigenvalue weighted by atomic mass is 10.1. The largest absolute Gasteiger partial charge is 0.341 e. The molecule has 0 aliphatic heterocycles. The Morgan fingerprint density at radius 3 is 2.76 bits per heavy atom. The zero-order chi connectivity index (χ0) is 20.1. The predicted molar refractivity (Wildman–Crippen MR) is 117 cm³/mol. The summed E-state index contributed by atoms with van der Waals surface area (Å²) in [6, 6.07) is 14.0. The molecule has 0 unspecified atom stereocenters. The summed E-state index contributed by atoms with van der Waals surface area (Å²) in [7, 11) is 0. The highest BCUT2D eigenvalue weighted by Crippen LogP contribution is 2.31. The van der Waals surface area contributed by atoms with Crippen molar-refractivity contribution in [3.8, 4) is 0 Å². The second kappa shape index (κ2) is 6.56. The molecule has 3 aromatic heterocycles. The molecule has 0 aliphatic carbocycles. The van der Waals surface area contributed by atoms with Gasteiger partial charge in [0.1, 0.15) is 5.56 Å². The first-order valence-electron chi connectivity index (χ1n) is 9.37. The van der Waals surface area contributed by atoms with E-state index in [1.807, 2.05) is 37.3 Å². The maximum Gasteiger partial charge on any atom is 0.271 e. The van der Waals surface area contributed by atoms with Crippen LogP contribution in [0.25, 0.3) is 26.8 Å². The zero-order valence-corrected chi connectivity index (χ0v) is 16.8. The molecule has 0 saturated heterocycles. The molecule has 7 heteroatoms. The summed E-state index contributed by atoms with van der Waals surface area (Å²) in [6.07, 6.45) is 3.06. The van der Waals surface area contributed by atoms with Crippen LogP contribution in [0.4, 0.5) is 5.69 Å². The van der Waals surface area contributed by atoms with Crippen molar-refractivity contribution in [3.05, 3.63) is 75.7 Å². The van der Waals surface area contributed by atoms with E-state index in [2.05, 4.69) is 33.9 Å². The molecule has 5 rings (SSSR count). The fourth-order valence-corrected chi connectivity index (χ4v) is 4.61. The molecule has 0 spiro atoms. The van der Waals surface area contributed by atoms with E-state index in [1.165, 1.54) is 21.9 Å². The van der Waals surface area contributed by atoms with Gasteiger partial charge in [0.2, 0.25) is 0 Å². The fraction of sp³-hybridized carbons (Fsp3) is 0.136. The number of aryl methyl sites for hydroxylation is 2. The van der Waals surface area contributed by atoms with E-state index in [1.54, 1.807) is 6.20 Å². The van der Waals surface area contributed by atoms with E-state index in [0.717, 1.165) is 33.2 Å². The molecule has 2 aromatic carbocycles. The van der Waals surface area contributed by atoms with Gasteiger partial charge in [-0.25, -0.2) is 4.98 Å². The van der Waals surface area contributed by atoms with E-state index in [-0.39, 0.29) is 11.1 Å². The number of nitrogens with one attached hydrogen (secondary N) is 1. The van der Waals surface area contributed by atoms with Gasteiger partial charge in [0.05, 0.1) is 0 Å². The molecule has 0 aliphatic rings. The van der Waals surface area contributed by atoms with Gasteiger partial charge in [-0.2, -0.15) is 0 Å². The first-order valence-corrected chi connectivity index (χ1v) is 10.2. The smallest absolute Gasteiger partial charge is 0.271 e. The molecule has 0 atom stereocenters. The van der Waals surface area contributed by atoms with Crippen molar-refractivity contribution in [2.75, 3.05) is 5.32 Å². The minimum Gasteiger partial charge on any atom is -0.341 e. The number of hydrogen-bond acceptors (Lipinski definition) is 4. The van der Waals surface area contributed by atoms with E-state index in [4.69, 9.17) is 0 Å². The Bertz CT molecular complexity index is 1480. The molecule has 0 saturated carbocycles. The number of benzene rings is 2. The highest BCUT2D eigenvalue weighted by molar-refractivity contribution is 7.16. The molecule has 6 nitrogen and oxygen atoms in total. The molecule has 3 heterocycles. The molecule has 29 heavy (non-hydrogen) atoms. The van der Waals surface area contributed by atoms with Gasteiger partial charge in [0, 0.05) is 51.3 Å². The third-order valence-electron chi connectivity index (χ3n) is 5.11. The average molecular weight is 402 g/mol. The Kier molecular flexibility index (Phi) is 3.99. The summed E-state index contributed by atoms with van der Waals surface area (Å²) in [5, 5.41) is 5.06. The van der Waals surface area contributed by atoms with Crippen LogP contribution in [-0.4, -0.2) is 19.9 Å². The third-order valence-corrected chi connectivity index (χ3v) is 6.03. The van der Waals surface area contributed by atoms with Crippen molar-refractivity contribution in [1.82, 2.24) is 14.0 Å². The summed E-state index contributed by atoms with van der Waals surface area (Å²) >= 11 is 1.42. The van der Waals surface area contributed by atoms with Crippen LogP contribution in [0.15, 0.2) is 59.7 Å². The van der Waals surface area contributed by atoms with Crippen molar-refractivity contribution in [2.45, 2.75) is 20.4 Å². The molecule has 1 N–H and O–H groups in total.